The fourth-order valence-corrected chi connectivity index (χ4v) is 16.5. The van der Waals surface area contributed by atoms with Crippen molar-refractivity contribution < 1.29 is 4.74 Å². The topological polar surface area (TPSA) is 25.4 Å². The molecule has 4 aliphatic rings. The highest BCUT2D eigenvalue weighted by Gasteiger charge is 2.49. The van der Waals surface area contributed by atoms with E-state index in [9.17, 15) is 0 Å². The molecule has 4 aliphatic heterocycles. The number of benzene rings is 15. The van der Waals surface area contributed by atoms with Crippen molar-refractivity contribution >= 4 is 132 Å². The largest absolute Gasteiger partial charge is 0.458 e. The Kier molecular flexibility index (Phi) is 14.6. The Morgan fingerprint density at radius 2 is 0.696 bits per heavy atom. The average molecular weight is 1310 g/mol. The minimum Gasteiger partial charge on any atom is -0.458 e. The van der Waals surface area contributed by atoms with Gasteiger partial charge in [0.25, 0.3) is 13.4 Å². The maximum atomic E-state index is 7.48. The van der Waals surface area contributed by atoms with Gasteiger partial charge in [-0.15, -0.1) is 0 Å². The molecule has 0 saturated carbocycles. The van der Waals surface area contributed by atoms with Crippen LogP contribution in [0.25, 0.3) is 33.4 Å². The summed E-state index contributed by atoms with van der Waals surface area (Å²) >= 11 is 0. The summed E-state index contributed by atoms with van der Waals surface area (Å²) in [6.45, 7) is 6.35. The van der Waals surface area contributed by atoms with Crippen LogP contribution in [0.1, 0.15) is 26.3 Å². The second-order valence-electron chi connectivity index (χ2n) is 27.9. The summed E-state index contributed by atoms with van der Waals surface area (Å²) in [5.74, 6) is 1.66. The van der Waals surface area contributed by atoms with Gasteiger partial charge in [-0.3, -0.25) is 0 Å². The van der Waals surface area contributed by atoms with Crippen molar-refractivity contribution in [2.45, 2.75) is 26.2 Å². The first-order chi connectivity index (χ1) is 50.3. The predicted octanol–water partition coefficient (Wildman–Crippen LogP) is 21.4. The van der Waals surface area contributed by atoms with Gasteiger partial charge in [-0.25, -0.2) is 0 Å². The monoisotopic (exact) mass is 1310 g/mol. The Hall–Kier alpha value is -12.8. The third-order valence-electron chi connectivity index (χ3n) is 21.0. The fraction of sp³-hybridized carbons (Fsp3) is 0.0426. The van der Waals surface area contributed by atoms with E-state index in [4.69, 9.17) is 4.74 Å². The molecule has 482 valence electrons. The van der Waals surface area contributed by atoms with Gasteiger partial charge in [0, 0.05) is 85.3 Å². The van der Waals surface area contributed by atoms with E-state index >= 15 is 0 Å². The number of ether oxygens (including phenoxy) is 1. The summed E-state index contributed by atoms with van der Waals surface area (Å²) in [7, 11) is 0. The molecule has 0 N–H and O–H groups in total. The maximum absolute atomic E-state index is 7.48. The van der Waals surface area contributed by atoms with Crippen LogP contribution in [0.4, 0.5) is 85.3 Å². The first-order valence-corrected chi connectivity index (χ1v) is 35.4. The van der Waals surface area contributed by atoms with Crippen molar-refractivity contribution in [2.75, 3.05) is 24.5 Å². The van der Waals surface area contributed by atoms with Crippen LogP contribution >= 0.6 is 0 Å². The molecule has 15 aromatic rings. The molecule has 0 fully saturated rings. The molecule has 8 heteroatoms. The minimum atomic E-state index is -0.244. The first-order valence-electron chi connectivity index (χ1n) is 35.4. The van der Waals surface area contributed by atoms with Gasteiger partial charge in [0.05, 0.1) is 22.7 Å². The van der Waals surface area contributed by atoms with E-state index in [2.05, 4.69) is 409 Å². The van der Waals surface area contributed by atoms with Crippen LogP contribution in [0.5, 0.6) is 11.5 Å². The van der Waals surface area contributed by atoms with E-state index in [-0.39, 0.29) is 18.8 Å². The van der Waals surface area contributed by atoms with E-state index in [1.54, 1.807) is 0 Å². The number of para-hydroxylation sites is 9. The second kappa shape index (κ2) is 24.6. The van der Waals surface area contributed by atoms with Gasteiger partial charge in [-0.05, 0) is 164 Å². The highest BCUT2D eigenvalue weighted by Crippen LogP contribution is 2.55. The van der Waals surface area contributed by atoms with Gasteiger partial charge < -0.3 is 29.2 Å². The first kappa shape index (κ1) is 60.4. The number of rotatable bonds is 12. The molecule has 19 rings (SSSR count). The number of anilines is 15. The molecular weight excluding hydrogens is 1240 g/mol. The standard InChI is InChI=1S/C94H69B2N5O/c1-94(2,3)67-56-54-66(55-57-67)75-46-25-28-51-82(75)98(70-40-19-8-20-41-70)74-60-88-92-90(61-74)102-89-53-30-27-50-79(89)96(92)80-62-81-85(63-84(80)100(88)72-44-23-10-24-45-72)101(93-76(64-32-11-4-12-33-64)47-31-48-77(93)65-34-13-5-14-35-65)87-59-73(97(68-36-15-6-16-37-68)69-38-17-7-18-39-69)58-86-91(87)95(81)78-49-26-29-52-83(78)99(86)71-42-21-9-22-43-71/h4-63H,1-3H3. The molecule has 4 heterocycles. The molecule has 0 unspecified atom stereocenters. The van der Waals surface area contributed by atoms with E-state index in [0.717, 1.165) is 141 Å². The van der Waals surface area contributed by atoms with E-state index in [1.807, 2.05) is 0 Å². The fourth-order valence-electron chi connectivity index (χ4n) is 16.5. The van der Waals surface area contributed by atoms with Gasteiger partial charge in [0.15, 0.2) is 0 Å². The van der Waals surface area contributed by atoms with Crippen molar-refractivity contribution in [3.8, 4) is 44.9 Å². The highest BCUT2D eigenvalue weighted by atomic mass is 16.5. The van der Waals surface area contributed by atoms with Crippen LogP contribution in [-0.4, -0.2) is 13.4 Å². The summed E-state index contributed by atoms with van der Waals surface area (Å²) in [4.78, 5) is 12.6. The van der Waals surface area contributed by atoms with Crippen LogP contribution in [0.3, 0.4) is 0 Å². The minimum absolute atomic E-state index is 0.00403. The lowest BCUT2D eigenvalue weighted by atomic mass is 9.30. The maximum Gasteiger partial charge on any atom is 0.256 e. The van der Waals surface area contributed by atoms with Crippen LogP contribution in [0, 0.1) is 0 Å². The number of hydrogen-bond acceptors (Lipinski definition) is 6. The van der Waals surface area contributed by atoms with Crippen molar-refractivity contribution in [2.24, 2.45) is 0 Å². The van der Waals surface area contributed by atoms with Gasteiger partial charge in [0.1, 0.15) is 11.5 Å². The van der Waals surface area contributed by atoms with Crippen LogP contribution in [0.2, 0.25) is 0 Å². The Morgan fingerprint density at radius 1 is 0.275 bits per heavy atom. The van der Waals surface area contributed by atoms with Crippen LogP contribution in [-0.2, 0) is 5.41 Å². The predicted molar refractivity (Wildman–Crippen MR) is 431 cm³/mol. The number of hydrogen-bond donors (Lipinski definition) is 0. The molecule has 0 amide bonds. The number of nitrogens with zero attached hydrogens (tertiary/aromatic N) is 5. The third-order valence-corrected chi connectivity index (χ3v) is 21.0. The Balaban J connectivity index is 0.940. The van der Waals surface area contributed by atoms with Gasteiger partial charge in [0.2, 0.25) is 0 Å². The molecule has 102 heavy (non-hydrogen) atoms. The SMILES string of the molecule is CC(C)(C)c1ccc(-c2ccccc2N(c2ccccc2)c2cc3c4c(c2)N(c2ccccc2)c2cc5c(cc2B4c2ccccc2O3)B2c3ccccc3N(c3ccccc3)c3cc(N(c4ccccc4)c4ccccc4)cc(c32)N5c2c(-c3ccccc3)cccc2-c2ccccc2)cc1. The van der Waals surface area contributed by atoms with Crippen molar-refractivity contribution in [3.05, 3.63) is 370 Å². The number of fused-ring (bicyclic) bond motifs is 8. The molecular formula is C94H69B2N5O. The zero-order valence-corrected chi connectivity index (χ0v) is 56.9. The second-order valence-corrected chi connectivity index (χ2v) is 27.9. The zero-order valence-electron chi connectivity index (χ0n) is 56.9. The van der Waals surface area contributed by atoms with Crippen LogP contribution < -0.4 is 62.0 Å². The molecule has 0 aromatic heterocycles. The lowest BCUT2D eigenvalue weighted by Gasteiger charge is -2.47. The summed E-state index contributed by atoms with van der Waals surface area (Å²) in [5, 5.41) is 0. The zero-order chi connectivity index (χ0) is 68.0. The van der Waals surface area contributed by atoms with Gasteiger partial charge in [-0.1, -0.05) is 276 Å². The van der Waals surface area contributed by atoms with Crippen molar-refractivity contribution in [3.63, 3.8) is 0 Å². The molecule has 0 atom stereocenters. The quantitative estimate of drug-likeness (QED) is 0.113. The van der Waals surface area contributed by atoms with E-state index in [0.29, 0.717) is 0 Å². The van der Waals surface area contributed by atoms with Crippen molar-refractivity contribution in [1.29, 1.82) is 0 Å². The van der Waals surface area contributed by atoms with Crippen molar-refractivity contribution in [1.82, 2.24) is 0 Å². The highest BCUT2D eigenvalue weighted by molar-refractivity contribution is 7.02. The summed E-state index contributed by atoms with van der Waals surface area (Å²) in [6.07, 6.45) is 0. The lowest BCUT2D eigenvalue weighted by molar-refractivity contribution is 0.487. The molecule has 0 bridgehead atoms. The van der Waals surface area contributed by atoms with Crippen LogP contribution in [0.15, 0.2) is 364 Å². The Bertz CT molecular complexity index is 5590. The average Bonchev–Trinajstić information content (AvgIpc) is 0.684. The molecule has 15 aromatic carbocycles. The molecule has 0 radical (unpaired) electrons. The lowest BCUT2D eigenvalue weighted by Crippen LogP contribution is -2.64. The summed E-state index contributed by atoms with van der Waals surface area (Å²) in [6, 6.07) is 134. The van der Waals surface area contributed by atoms with E-state index in [1.165, 1.54) is 27.4 Å². The van der Waals surface area contributed by atoms with E-state index < -0.39 is 0 Å². The summed E-state index contributed by atoms with van der Waals surface area (Å²) < 4.78 is 7.48. The molecule has 0 saturated heterocycles. The van der Waals surface area contributed by atoms with Gasteiger partial charge >= 0.3 is 0 Å². The molecule has 0 spiro atoms. The molecule has 0 aliphatic carbocycles. The Labute approximate surface area is 597 Å². The Morgan fingerprint density at radius 3 is 1.27 bits per heavy atom. The normalized spacial score (nSPS) is 12.8. The third kappa shape index (κ3) is 10.0. The molecule has 6 nitrogen and oxygen atoms in total. The summed E-state index contributed by atoms with van der Waals surface area (Å²) in [5.41, 5.74) is 31.0. The van der Waals surface area contributed by atoms with Gasteiger partial charge in [-0.2, -0.15) is 0 Å². The smallest absolute Gasteiger partial charge is 0.256 e.